The summed E-state index contributed by atoms with van der Waals surface area (Å²) < 4.78 is 30.5. The summed E-state index contributed by atoms with van der Waals surface area (Å²) in [6, 6.07) is 12.3. The van der Waals surface area contributed by atoms with Gasteiger partial charge in [-0.3, -0.25) is 4.79 Å². The lowest BCUT2D eigenvalue weighted by Crippen LogP contribution is -2.41. The minimum Gasteiger partial charge on any atom is -0.497 e. The number of anilines is 1. The Labute approximate surface area is 160 Å². The maximum absolute atomic E-state index is 13.1. The highest BCUT2D eigenvalue weighted by molar-refractivity contribution is 7.91. The van der Waals surface area contributed by atoms with E-state index in [0.717, 1.165) is 29.7 Å². The Morgan fingerprint density at radius 3 is 2.56 bits per heavy atom. The molecular formula is C21H25NO4S. The van der Waals surface area contributed by atoms with E-state index in [2.05, 4.69) is 0 Å². The summed E-state index contributed by atoms with van der Waals surface area (Å²) in [5.74, 6) is -0.376. The fraction of sp³-hybridized carbons (Fsp3) is 0.381. The van der Waals surface area contributed by atoms with E-state index in [1.165, 1.54) is 19.2 Å². The van der Waals surface area contributed by atoms with Crippen molar-refractivity contribution >= 4 is 21.4 Å². The van der Waals surface area contributed by atoms with Crippen molar-refractivity contribution in [2.24, 2.45) is 5.92 Å². The smallest absolute Gasteiger partial charge is 0.230 e. The lowest BCUT2D eigenvalue weighted by atomic mass is 9.97. The molecule has 5 nitrogen and oxygen atoms in total. The predicted molar refractivity (Wildman–Crippen MR) is 106 cm³/mol. The summed E-state index contributed by atoms with van der Waals surface area (Å²) in [7, 11) is -2.03. The van der Waals surface area contributed by atoms with Gasteiger partial charge in [-0.15, -0.1) is 0 Å². The van der Waals surface area contributed by atoms with Crippen LogP contribution in [0.3, 0.4) is 0 Å². The number of benzene rings is 2. The number of hydrogen-bond donors (Lipinski definition) is 0. The maximum atomic E-state index is 13.1. The maximum Gasteiger partial charge on any atom is 0.230 e. The summed E-state index contributed by atoms with van der Waals surface area (Å²) in [6.45, 7) is 4.31. The molecule has 0 saturated carbocycles. The Morgan fingerprint density at radius 1 is 1.19 bits per heavy atom. The number of carbonyl (C=O) groups is 1. The molecular weight excluding hydrogens is 362 g/mol. The number of para-hydroxylation sites is 1. The molecule has 6 heteroatoms. The number of carbonyl (C=O) groups excluding carboxylic acids is 1. The molecule has 0 N–H and O–H groups in total. The number of fused-ring (bicyclic) bond motifs is 1. The number of methoxy groups -OCH3 is 1. The molecule has 3 rings (SSSR count). The van der Waals surface area contributed by atoms with Gasteiger partial charge in [0.25, 0.3) is 0 Å². The van der Waals surface area contributed by atoms with Gasteiger partial charge in [0.2, 0.25) is 5.91 Å². The van der Waals surface area contributed by atoms with Crippen molar-refractivity contribution in [1.29, 1.82) is 0 Å². The van der Waals surface area contributed by atoms with E-state index < -0.39 is 15.8 Å². The van der Waals surface area contributed by atoms with Crippen LogP contribution < -0.4 is 9.64 Å². The second-order valence-corrected chi connectivity index (χ2v) is 9.07. The van der Waals surface area contributed by atoms with Gasteiger partial charge in [0.15, 0.2) is 9.84 Å². The average Bonchev–Trinajstić information content (AvgIpc) is 2.67. The van der Waals surface area contributed by atoms with Crippen LogP contribution in [0.1, 0.15) is 24.5 Å². The van der Waals surface area contributed by atoms with E-state index in [1.807, 2.05) is 25.1 Å². The molecule has 2 aromatic rings. The molecule has 1 amide bonds. The summed E-state index contributed by atoms with van der Waals surface area (Å²) in [5, 5.41) is 0. The largest absolute Gasteiger partial charge is 0.497 e. The topological polar surface area (TPSA) is 63.7 Å². The summed E-state index contributed by atoms with van der Waals surface area (Å²) in [4.78, 5) is 15.0. The fourth-order valence-electron chi connectivity index (χ4n) is 3.61. The number of rotatable bonds is 5. The molecule has 1 heterocycles. The Morgan fingerprint density at radius 2 is 1.89 bits per heavy atom. The zero-order valence-corrected chi connectivity index (χ0v) is 16.8. The third-order valence-electron chi connectivity index (χ3n) is 4.99. The van der Waals surface area contributed by atoms with Crippen LogP contribution in [0.15, 0.2) is 47.4 Å². The molecule has 1 atom stereocenters. The number of amides is 1. The Bertz CT molecular complexity index is 935. The van der Waals surface area contributed by atoms with Crippen molar-refractivity contribution in [3.8, 4) is 5.75 Å². The van der Waals surface area contributed by atoms with E-state index in [0.29, 0.717) is 12.3 Å². The normalized spacial score (nSPS) is 15.1. The van der Waals surface area contributed by atoms with Crippen LogP contribution in [0.25, 0.3) is 0 Å². The van der Waals surface area contributed by atoms with E-state index >= 15 is 0 Å². The summed E-state index contributed by atoms with van der Waals surface area (Å²) in [5.41, 5.74) is 3.15. The molecule has 0 bridgehead atoms. The van der Waals surface area contributed by atoms with Crippen LogP contribution in [0, 0.1) is 12.8 Å². The standard InChI is InChI=1S/C21H25NO4S/c1-15-6-4-7-17-8-5-13-22(20(15)17)21(23)16(2)14-27(24,25)19-11-9-18(26-3)10-12-19/h4,6-7,9-12,16H,5,8,13-14H2,1-3H3. The molecule has 0 saturated heterocycles. The molecule has 2 aromatic carbocycles. The van der Waals surface area contributed by atoms with Gasteiger partial charge in [-0.25, -0.2) is 8.42 Å². The first-order chi connectivity index (χ1) is 12.8. The second-order valence-electron chi connectivity index (χ2n) is 7.03. The highest BCUT2D eigenvalue weighted by Gasteiger charge is 2.30. The lowest BCUT2D eigenvalue weighted by Gasteiger charge is -2.33. The first-order valence-corrected chi connectivity index (χ1v) is 10.8. The van der Waals surface area contributed by atoms with Crippen molar-refractivity contribution in [2.75, 3.05) is 24.3 Å². The van der Waals surface area contributed by atoms with E-state index in [-0.39, 0.29) is 16.6 Å². The molecule has 1 aliphatic rings. The van der Waals surface area contributed by atoms with Crippen molar-refractivity contribution in [3.05, 3.63) is 53.6 Å². The van der Waals surface area contributed by atoms with Crippen LogP contribution >= 0.6 is 0 Å². The zero-order chi connectivity index (χ0) is 19.6. The van der Waals surface area contributed by atoms with Crippen LogP contribution in [-0.2, 0) is 21.1 Å². The molecule has 27 heavy (non-hydrogen) atoms. The van der Waals surface area contributed by atoms with Crippen molar-refractivity contribution in [2.45, 2.75) is 31.6 Å². The number of sulfone groups is 1. The predicted octanol–water partition coefficient (Wildman–Crippen LogP) is 3.39. The molecule has 144 valence electrons. The molecule has 0 fully saturated rings. The molecule has 1 unspecified atom stereocenters. The van der Waals surface area contributed by atoms with Gasteiger partial charge in [0.05, 0.1) is 17.8 Å². The molecule has 0 aliphatic carbocycles. The Kier molecular flexibility index (Phi) is 5.56. The highest BCUT2D eigenvalue weighted by atomic mass is 32.2. The van der Waals surface area contributed by atoms with Gasteiger partial charge in [-0.05, 0) is 55.2 Å². The van der Waals surface area contributed by atoms with E-state index in [4.69, 9.17) is 4.74 Å². The number of nitrogens with zero attached hydrogens (tertiary/aromatic N) is 1. The molecule has 1 aliphatic heterocycles. The van der Waals surface area contributed by atoms with Gasteiger partial charge >= 0.3 is 0 Å². The van der Waals surface area contributed by atoms with Crippen molar-refractivity contribution < 1.29 is 17.9 Å². The van der Waals surface area contributed by atoms with Gasteiger partial charge in [-0.2, -0.15) is 0 Å². The second kappa shape index (κ2) is 7.72. The van der Waals surface area contributed by atoms with Crippen LogP contribution in [0.5, 0.6) is 5.75 Å². The van der Waals surface area contributed by atoms with Gasteiger partial charge in [0.1, 0.15) is 5.75 Å². The summed E-state index contributed by atoms with van der Waals surface area (Å²) in [6.07, 6.45) is 1.83. The molecule has 0 radical (unpaired) electrons. The molecule has 0 spiro atoms. The minimum absolute atomic E-state index is 0.137. The van der Waals surface area contributed by atoms with Crippen LogP contribution in [0.4, 0.5) is 5.69 Å². The summed E-state index contributed by atoms with van der Waals surface area (Å²) >= 11 is 0. The first kappa shape index (κ1) is 19.4. The minimum atomic E-state index is -3.56. The molecule has 0 aromatic heterocycles. The first-order valence-electron chi connectivity index (χ1n) is 9.10. The SMILES string of the molecule is COc1ccc(S(=O)(=O)CC(C)C(=O)N2CCCc3cccc(C)c32)cc1. The third kappa shape index (κ3) is 4.00. The van der Waals surface area contributed by atoms with Crippen LogP contribution in [0.2, 0.25) is 0 Å². The monoisotopic (exact) mass is 387 g/mol. The Balaban J connectivity index is 1.80. The number of aryl methyl sites for hydroxylation is 2. The quantitative estimate of drug-likeness (QED) is 0.789. The lowest BCUT2D eigenvalue weighted by molar-refractivity contribution is -0.121. The Hall–Kier alpha value is -2.34. The van der Waals surface area contributed by atoms with Gasteiger partial charge in [-0.1, -0.05) is 25.1 Å². The number of ether oxygens (including phenoxy) is 1. The van der Waals surface area contributed by atoms with E-state index in [1.54, 1.807) is 24.0 Å². The zero-order valence-electron chi connectivity index (χ0n) is 15.9. The van der Waals surface area contributed by atoms with Crippen molar-refractivity contribution in [3.63, 3.8) is 0 Å². The van der Waals surface area contributed by atoms with Gasteiger partial charge < -0.3 is 9.64 Å². The average molecular weight is 388 g/mol. The fourth-order valence-corrected chi connectivity index (χ4v) is 5.16. The van der Waals surface area contributed by atoms with Crippen LogP contribution in [-0.4, -0.2) is 33.7 Å². The van der Waals surface area contributed by atoms with Gasteiger partial charge in [0, 0.05) is 18.2 Å². The number of hydrogen-bond acceptors (Lipinski definition) is 4. The van der Waals surface area contributed by atoms with E-state index in [9.17, 15) is 13.2 Å². The van der Waals surface area contributed by atoms with Crippen molar-refractivity contribution in [1.82, 2.24) is 0 Å². The third-order valence-corrected chi connectivity index (χ3v) is 6.92. The highest BCUT2D eigenvalue weighted by Crippen LogP contribution is 2.32.